The lowest BCUT2D eigenvalue weighted by Crippen LogP contribution is -1.84. The number of hydrogen-bond acceptors (Lipinski definition) is 0. The molecule has 0 nitrogen and oxygen atoms in total. The van der Waals surface area contributed by atoms with Gasteiger partial charge in [0.2, 0.25) is 0 Å². The number of rotatable bonds is 2. The molecule has 0 spiro atoms. The first-order valence-electron chi connectivity index (χ1n) is 4.85. The molecule has 0 amide bonds. The van der Waals surface area contributed by atoms with E-state index in [9.17, 15) is 0 Å². The molecule has 0 heterocycles. The second-order valence-corrected chi connectivity index (χ2v) is 3.65. The molecule has 1 aliphatic rings. The highest BCUT2D eigenvalue weighted by Gasteiger charge is 2.06. The molecule has 0 fully saturated rings. The molecule has 0 bridgehead atoms. The Morgan fingerprint density at radius 3 is 2.54 bits per heavy atom. The van der Waals surface area contributed by atoms with Crippen LogP contribution in [0.25, 0.3) is 0 Å². The Bertz CT molecular complexity index is 298. The van der Waals surface area contributed by atoms with Crippen molar-refractivity contribution >= 4 is 0 Å². The fourth-order valence-electron chi connectivity index (χ4n) is 1.50. The molecule has 1 unspecified atom stereocenters. The van der Waals surface area contributed by atoms with Crippen LogP contribution in [0.3, 0.4) is 0 Å². The van der Waals surface area contributed by atoms with Gasteiger partial charge in [0.05, 0.1) is 0 Å². The van der Waals surface area contributed by atoms with Gasteiger partial charge >= 0.3 is 0 Å². The fourth-order valence-corrected chi connectivity index (χ4v) is 1.50. The Kier molecular flexibility index (Phi) is 3.30. The summed E-state index contributed by atoms with van der Waals surface area (Å²) in [5, 5.41) is 0. The number of allylic oxidation sites excluding steroid dienone is 8. The van der Waals surface area contributed by atoms with Crippen LogP contribution in [0.5, 0.6) is 0 Å². The summed E-state index contributed by atoms with van der Waals surface area (Å²) in [5.74, 6) is 0.600. The maximum absolute atomic E-state index is 2.31. The average molecular weight is 174 g/mol. The Morgan fingerprint density at radius 2 is 2.08 bits per heavy atom. The summed E-state index contributed by atoms with van der Waals surface area (Å²) < 4.78 is 0. The minimum absolute atomic E-state index is 0.600. The van der Waals surface area contributed by atoms with Gasteiger partial charge in [-0.2, -0.15) is 0 Å². The third-order valence-corrected chi connectivity index (χ3v) is 2.46. The van der Waals surface area contributed by atoms with Crippen molar-refractivity contribution < 1.29 is 0 Å². The molecule has 0 aromatic heterocycles. The van der Waals surface area contributed by atoms with E-state index in [0.717, 1.165) is 0 Å². The van der Waals surface area contributed by atoms with E-state index in [4.69, 9.17) is 0 Å². The van der Waals surface area contributed by atoms with Crippen LogP contribution >= 0.6 is 0 Å². The van der Waals surface area contributed by atoms with Crippen molar-refractivity contribution in [3.05, 3.63) is 47.1 Å². The molecule has 0 aromatic rings. The summed E-state index contributed by atoms with van der Waals surface area (Å²) in [4.78, 5) is 0. The molecule has 1 atom stereocenters. The Labute approximate surface area is 81.4 Å². The molecular weight excluding hydrogens is 156 g/mol. The summed E-state index contributed by atoms with van der Waals surface area (Å²) in [6, 6.07) is 0. The Morgan fingerprint density at radius 1 is 1.38 bits per heavy atom. The lowest BCUT2D eigenvalue weighted by Gasteiger charge is -2.03. The molecule has 0 radical (unpaired) electrons. The topological polar surface area (TPSA) is 0 Å². The van der Waals surface area contributed by atoms with Crippen molar-refractivity contribution in [2.45, 2.75) is 27.7 Å². The molecule has 1 aliphatic carbocycles. The predicted molar refractivity (Wildman–Crippen MR) is 59.6 cm³/mol. The van der Waals surface area contributed by atoms with E-state index in [-0.39, 0.29) is 0 Å². The van der Waals surface area contributed by atoms with Crippen molar-refractivity contribution in [3.63, 3.8) is 0 Å². The SMILES string of the molecule is CC=CC(C)=C(C)C1=CC(C)C=C1. The standard InChI is InChI=1S/C13H18/c1-5-6-11(3)12(4)13-8-7-10(2)9-13/h5-10H,1-4H3. The molecule has 0 N–H and O–H groups in total. The lowest BCUT2D eigenvalue weighted by molar-refractivity contribution is 0.955. The molecule has 0 saturated heterocycles. The van der Waals surface area contributed by atoms with Gasteiger partial charge in [-0.25, -0.2) is 0 Å². The van der Waals surface area contributed by atoms with Crippen molar-refractivity contribution in [1.82, 2.24) is 0 Å². The van der Waals surface area contributed by atoms with Crippen molar-refractivity contribution in [2.75, 3.05) is 0 Å². The average Bonchev–Trinajstić information content (AvgIpc) is 2.51. The first-order chi connectivity index (χ1) is 6.15. The zero-order valence-electron chi connectivity index (χ0n) is 8.96. The van der Waals surface area contributed by atoms with Crippen molar-refractivity contribution in [3.8, 4) is 0 Å². The highest BCUT2D eigenvalue weighted by atomic mass is 14.1. The van der Waals surface area contributed by atoms with Crippen LogP contribution in [0.2, 0.25) is 0 Å². The summed E-state index contributed by atoms with van der Waals surface area (Å²) in [6.45, 7) is 8.61. The van der Waals surface area contributed by atoms with Crippen LogP contribution in [-0.2, 0) is 0 Å². The largest absolute Gasteiger partial charge is 0.0874 e. The molecule has 0 aliphatic heterocycles. The zero-order valence-corrected chi connectivity index (χ0v) is 8.96. The van der Waals surface area contributed by atoms with Crippen LogP contribution in [0.1, 0.15) is 27.7 Å². The summed E-state index contributed by atoms with van der Waals surface area (Å²) in [6.07, 6.45) is 11.0. The normalized spacial score (nSPS) is 23.7. The lowest BCUT2D eigenvalue weighted by atomic mass is 10.0. The van der Waals surface area contributed by atoms with Gasteiger partial charge in [0.1, 0.15) is 0 Å². The summed E-state index contributed by atoms with van der Waals surface area (Å²) >= 11 is 0. The maximum Gasteiger partial charge on any atom is -0.00695 e. The third kappa shape index (κ3) is 2.45. The first kappa shape index (κ1) is 10.0. The van der Waals surface area contributed by atoms with Crippen LogP contribution in [0.15, 0.2) is 47.1 Å². The monoisotopic (exact) mass is 174 g/mol. The minimum Gasteiger partial charge on any atom is -0.0874 e. The van der Waals surface area contributed by atoms with Gasteiger partial charge in [-0.15, -0.1) is 0 Å². The first-order valence-corrected chi connectivity index (χ1v) is 4.85. The molecule has 0 saturated carbocycles. The van der Waals surface area contributed by atoms with Crippen molar-refractivity contribution in [2.24, 2.45) is 5.92 Å². The maximum atomic E-state index is 2.31. The van der Waals surface area contributed by atoms with Crippen molar-refractivity contribution in [1.29, 1.82) is 0 Å². The van der Waals surface area contributed by atoms with Gasteiger partial charge in [-0.05, 0) is 43.4 Å². The molecule has 70 valence electrons. The molecule has 1 rings (SSSR count). The third-order valence-electron chi connectivity index (χ3n) is 2.46. The van der Waals surface area contributed by atoms with E-state index in [1.165, 1.54) is 16.7 Å². The van der Waals surface area contributed by atoms with E-state index >= 15 is 0 Å². The van der Waals surface area contributed by atoms with Gasteiger partial charge in [-0.1, -0.05) is 37.3 Å². The minimum atomic E-state index is 0.600. The van der Waals surface area contributed by atoms with Gasteiger partial charge < -0.3 is 0 Å². The second kappa shape index (κ2) is 4.27. The van der Waals surface area contributed by atoms with E-state index in [2.05, 4.69) is 58.1 Å². The predicted octanol–water partition coefficient (Wildman–Crippen LogP) is 4.03. The van der Waals surface area contributed by atoms with Crippen LogP contribution in [0.4, 0.5) is 0 Å². The number of hydrogen-bond donors (Lipinski definition) is 0. The smallest absolute Gasteiger partial charge is 0.00695 e. The van der Waals surface area contributed by atoms with E-state index < -0.39 is 0 Å². The van der Waals surface area contributed by atoms with Crippen LogP contribution < -0.4 is 0 Å². The summed E-state index contributed by atoms with van der Waals surface area (Å²) in [5.41, 5.74) is 4.12. The molecule has 0 heteroatoms. The quantitative estimate of drug-likeness (QED) is 0.554. The van der Waals surface area contributed by atoms with Gasteiger partial charge in [0, 0.05) is 0 Å². The van der Waals surface area contributed by atoms with Crippen LogP contribution in [0, 0.1) is 5.92 Å². The molecule has 13 heavy (non-hydrogen) atoms. The van der Waals surface area contributed by atoms with Gasteiger partial charge in [0.15, 0.2) is 0 Å². The highest BCUT2D eigenvalue weighted by Crippen LogP contribution is 2.24. The fraction of sp³-hybridized carbons (Fsp3) is 0.385. The highest BCUT2D eigenvalue weighted by molar-refractivity contribution is 5.47. The van der Waals surface area contributed by atoms with Crippen LogP contribution in [-0.4, -0.2) is 0 Å². The van der Waals surface area contributed by atoms with E-state index in [1.54, 1.807) is 0 Å². The molecule has 0 aromatic carbocycles. The van der Waals surface area contributed by atoms with Gasteiger partial charge in [-0.3, -0.25) is 0 Å². The van der Waals surface area contributed by atoms with E-state index in [0.29, 0.717) is 5.92 Å². The zero-order chi connectivity index (χ0) is 9.84. The summed E-state index contributed by atoms with van der Waals surface area (Å²) in [7, 11) is 0. The van der Waals surface area contributed by atoms with E-state index in [1.807, 2.05) is 0 Å². The second-order valence-electron chi connectivity index (χ2n) is 3.65. The van der Waals surface area contributed by atoms with Gasteiger partial charge in [0.25, 0.3) is 0 Å². The Hall–Kier alpha value is -1.04. The molecular formula is C13H18. The Balaban J connectivity index is 2.90.